The summed E-state index contributed by atoms with van der Waals surface area (Å²) in [6.45, 7) is 2.24. The second-order valence-corrected chi connectivity index (χ2v) is 6.36. The van der Waals surface area contributed by atoms with Crippen LogP contribution in [-0.2, 0) is 11.3 Å². The van der Waals surface area contributed by atoms with Gasteiger partial charge in [0.1, 0.15) is 0 Å². The van der Waals surface area contributed by atoms with Crippen molar-refractivity contribution in [2.75, 3.05) is 25.1 Å². The minimum atomic E-state index is 0.0824. The second kappa shape index (κ2) is 7.57. The highest BCUT2D eigenvalue weighted by molar-refractivity contribution is 5.76. The van der Waals surface area contributed by atoms with E-state index in [0.29, 0.717) is 36.7 Å². The summed E-state index contributed by atoms with van der Waals surface area (Å²) >= 11 is 0. The van der Waals surface area contributed by atoms with Crippen LogP contribution in [0.3, 0.4) is 0 Å². The van der Waals surface area contributed by atoms with Crippen LogP contribution in [0.4, 0.5) is 5.95 Å². The lowest BCUT2D eigenvalue weighted by Gasteiger charge is -2.16. The summed E-state index contributed by atoms with van der Waals surface area (Å²) in [4.78, 5) is 27.2. The van der Waals surface area contributed by atoms with Crippen molar-refractivity contribution in [2.45, 2.75) is 51.5 Å². The number of nitrogens with one attached hydrogen (secondary N) is 1. The van der Waals surface area contributed by atoms with Gasteiger partial charge in [0, 0.05) is 19.5 Å². The fourth-order valence-corrected chi connectivity index (χ4v) is 3.34. The van der Waals surface area contributed by atoms with Crippen LogP contribution in [0.2, 0.25) is 0 Å². The average molecular weight is 319 g/mol. The molecule has 7 heteroatoms. The summed E-state index contributed by atoms with van der Waals surface area (Å²) in [5.74, 6) is 1.83. The molecule has 1 aromatic rings. The fraction of sp³-hybridized carbons (Fsp3) is 0.750. The molecule has 0 aromatic carbocycles. The van der Waals surface area contributed by atoms with E-state index in [1.54, 1.807) is 7.11 Å². The minimum absolute atomic E-state index is 0.0824. The van der Waals surface area contributed by atoms with E-state index < -0.39 is 0 Å². The van der Waals surface area contributed by atoms with Crippen LogP contribution in [0.15, 0.2) is 0 Å². The minimum Gasteiger partial charge on any atom is -0.467 e. The molecular formula is C16H25N5O2. The zero-order valence-electron chi connectivity index (χ0n) is 13.8. The van der Waals surface area contributed by atoms with Gasteiger partial charge in [-0.25, -0.2) is 0 Å². The lowest BCUT2D eigenvalue weighted by atomic mass is 10.0. The van der Waals surface area contributed by atoms with Crippen LogP contribution >= 0.6 is 0 Å². The van der Waals surface area contributed by atoms with Crippen molar-refractivity contribution in [3.63, 3.8) is 0 Å². The smallest absolute Gasteiger partial charge is 0.321 e. The second-order valence-electron chi connectivity index (χ2n) is 6.36. The summed E-state index contributed by atoms with van der Waals surface area (Å²) in [7, 11) is 1.55. The van der Waals surface area contributed by atoms with Crippen LogP contribution in [0, 0.1) is 5.92 Å². The molecule has 0 spiro atoms. The first-order valence-corrected chi connectivity index (χ1v) is 8.55. The third-order valence-electron chi connectivity index (χ3n) is 4.61. The lowest BCUT2D eigenvalue weighted by Crippen LogP contribution is -2.27. The van der Waals surface area contributed by atoms with E-state index >= 15 is 0 Å². The van der Waals surface area contributed by atoms with Crippen LogP contribution in [0.5, 0.6) is 6.01 Å². The van der Waals surface area contributed by atoms with Crippen molar-refractivity contribution in [2.24, 2.45) is 5.92 Å². The molecule has 1 aliphatic carbocycles. The van der Waals surface area contributed by atoms with E-state index in [0.717, 1.165) is 25.9 Å². The Labute approximate surface area is 136 Å². The number of nitrogens with zero attached hydrogens (tertiary/aromatic N) is 4. The number of hydrogen-bond donors (Lipinski definition) is 1. The van der Waals surface area contributed by atoms with E-state index in [4.69, 9.17) is 4.74 Å². The predicted octanol–water partition coefficient (Wildman–Crippen LogP) is 1.68. The number of aromatic nitrogens is 3. The molecular weight excluding hydrogens is 294 g/mol. The monoisotopic (exact) mass is 319 g/mol. The topological polar surface area (TPSA) is 80.2 Å². The number of methoxy groups -OCH3 is 1. The van der Waals surface area contributed by atoms with Gasteiger partial charge in [0.15, 0.2) is 5.82 Å². The maximum absolute atomic E-state index is 12.0. The molecule has 1 amide bonds. The molecule has 126 valence electrons. The van der Waals surface area contributed by atoms with E-state index in [9.17, 15) is 4.79 Å². The van der Waals surface area contributed by atoms with E-state index in [1.807, 2.05) is 0 Å². The Balaban J connectivity index is 1.59. The third kappa shape index (κ3) is 4.30. The summed E-state index contributed by atoms with van der Waals surface area (Å²) in [5, 5.41) is 2.93. The molecule has 1 saturated carbocycles. The third-order valence-corrected chi connectivity index (χ3v) is 4.61. The Kier molecular flexibility index (Phi) is 5.25. The normalized spacial score (nSPS) is 18.4. The molecule has 1 aliphatic heterocycles. The number of hydrogen-bond acceptors (Lipinski definition) is 6. The van der Waals surface area contributed by atoms with Crippen molar-refractivity contribution in [3.05, 3.63) is 5.82 Å². The van der Waals surface area contributed by atoms with Crippen molar-refractivity contribution in [1.29, 1.82) is 0 Å². The van der Waals surface area contributed by atoms with Gasteiger partial charge in [-0.3, -0.25) is 4.79 Å². The Morgan fingerprint density at radius 1 is 1.17 bits per heavy atom. The van der Waals surface area contributed by atoms with Gasteiger partial charge >= 0.3 is 6.01 Å². The maximum atomic E-state index is 12.0. The zero-order chi connectivity index (χ0) is 16.1. The first kappa shape index (κ1) is 16.0. The number of carbonyl (C=O) groups is 1. The molecule has 2 fully saturated rings. The molecule has 2 heterocycles. The lowest BCUT2D eigenvalue weighted by molar-refractivity contribution is -0.122. The first-order chi connectivity index (χ1) is 11.2. The maximum Gasteiger partial charge on any atom is 0.321 e. The van der Waals surface area contributed by atoms with Crippen LogP contribution in [0.1, 0.15) is 50.8 Å². The van der Waals surface area contributed by atoms with Gasteiger partial charge in [-0.1, -0.05) is 12.8 Å². The molecule has 0 atom stereocenters. The molecule has 23 heavy (non-hydrogen) atoms. The first-order valence-electron chi connectivity index (χ1n) is 8.55. The molecule has 1 N–H and O–H groups in total. The van der Waals surface area contributed by atoms with Gasteiger partial charge in [0.25, 0.3) is 0 Å². The summed E-state index contributed by atoms with van der Waals surface area (Å²) in [5.41, 5.74) is 0. The molecule has 1 saturated heterocycles. The van der Waals surface area contributed by atoms with Crippen molar-refractivity contribution in [3.8, 4) is 6.01 Å². The standard InChI is InChI=1S/C16H25N5O2/c1-23-16-19-13(18-15(20-16)21-8-4-5-9-21)11-17-14(22)10-12-6-2-3-7-12/h12H,2-11H2,1H3,(H,17,22). The fourth-order valence-electron chi connectivity index (χ4n) is 3.34. The molecule has 1 aromatic heterocycles. The van der Waals surface area contributed by atoms with Gasteiger partial charge in [0.2, 0.25) is 11.9 Å². The van der Waals surface area contributed by atoms with Crippen LogP contribution in [0.25, 0.3) is 0 Å². The number of ether oxygens (including phenoxy) is 1. The van der Waals surface area contributed by atoms with Crippen LogP contribution in [-0.4, -0.2) is 41.1 Å². The number of rotatable bonds is 6. The molecule has 2 aliphatic rings. The van der Waals surface area contributed by atoms with Gasteiger partial charge in [-0.2, -0.15) is 15.0 Å². The Morgan fingerprint density at radius 2 is 1.91 bits per heavy atom. The molecule has 0 radical (unpaired) electrons. The van der Waals surface area contributed by atoms with E-state index in [1.165, 1.54) is 25.7 Å². The molecule has 7 nitrogen and oxygen atoms in total. The van der Waals surface area contributed by atoms with Gasteiger partial charge < -0.3 is 15.0 Å². The highest BCUT2D eigenvalue weighted by Crippen LogP contribution is 2.27. The Morgan fingerprint density at radius 3 is 2.61 bits per heavy atom. The highest BCUT2D eigenvalue weighted by atomic mass is 16.5. The van der Waals surface area contributed by atoms with E-state index in [-0.39, 0.29) is 5.91 Å². The summed E-state index contributed by atoms with van der Waals surface area (Å²) in [6, 6.07) is 0.307. The van der Waals surface area contributed by atoms with Gasteiger partial charge in [-0.15, -0.1) is 0 Å². The number of anilines is 1. The van der Waals surface area contributed by atoms with Crippen molar-refractivity contribution >= 4 is 11.9 Å². The number of amides is 1. The van der Waals surface area contributed by atoms with Gasteiger partial charge in [-0.05, 0) is 31.6 Å². The highest BCUT2D eigenvalue weighted by Gasteiger charge is 2.20. The number of carbonyl (C=O) groups excluding carboxylic acids is 1. The largest absolute Gasteiger partial charge is 0.467 e. The van der Waals surface area contributed by atoms with E-state index in [2.05, 4.69) is 25.2 Å². The quantitative estimate of drug-likeness (QED) is 0.859. The average Bonchev–Trinajstić information content (AvgIpc) is 3.26. The van der Waals surface area contributed by atoms with Crippen molar-refractivity contribution < 1.29 is 9.53 Å². The molecule has 0 bridgehead atoms. The summed E-state index contributed by atoms with van der Waals surface area (Å²) < 4.78 is 5.17. The predicted molar refractivity (Wildman–Crippen MR) is 86.2 cm³/mol. The van der Waals surface area contributed by atoms with Crippen LogP contribution < -0.4 is 15.0 Å². The van der Waals surface area contributed by atoms with Gasteiger partial charge in [0.05, 0.1) is 13.7 Å². The Bertz CT molecular complexity index is 539. The molecule has 3 rings (SSSR count). The molecule has 0 unspecified atom stereocenters. The Hall–Kier alpha value is -1.92. The SMILES string of the molecule is COc1nc(CNC(=O)CC2CCCC2)nc(N2CCCC2)n1. The summed E-state index contributed by atoms with van der Waals surface area (Å²) in [6.07, 6.45) is 7.77. The zero-order valence-corrected chi connectivity index (χ0v) is 13.8. The van der Waals surface area contributed by atoms with Crippen molar-refractivity contribution in [1.82, 2.24) is 20.3 Å².